The molecule has 1 rings (SSSR count). The van der Waals surface area contributed by atoms with E-state index in [1.165, 1.54) is 0 Å². The van der Waals surface area contributed by atoms with Crippen LogP contribution in [0.1, 0.15) is 25.8 Å². The summed E-state index contributed by atoms with van der Waals surface area (Å²) in [5.74, 6) is -0.181. The molecule has 0 heterocycles. The molecule has 0 aliphatic rings. The van der Waals surface area contributed by atoms with Crippen LogP contribution in [0.3, 0.4) is 0 Å². The second-order valence-corrected chi connectivity index (χ2v) is 4.53. The summed E-state index contributed by atoms with van der Waals surface area (Å²) < 4.78 is 5.71. The van der Waals surface area contributed by atoms with E-state index in [4.69, 9.17) is 9.84 Å². The number of carboxylic acid groups (broad SMARTS) is 1. The molecule has 4 heteroatoms. The Morgan fingerprint density at radius 1 is 1.35 bits per heavy atom. The van der Waals surface area contributed by atoms with Crippen LogP contribution < -0.4 is 4.74 Å². The molecule has 0 aliphatic carbocycles. The number of nitrogens with zero attached hydrogens (tertiary/aromatic N) is 1. The Morgan fingerprint density at radius 2 is 2.15 bits per heavy atom. The molecule has 0 amide bonds. The second-order valence-electron chi connectivity index (χ2n) is 4.53. The Kier molecular flexibility index (Phi) is 7.43. The van der Waals surface area contributed by atoms with Crippen molar-refractivity contribution in [2.75, 3.05) is 26.2 Å². The number of rotatable bonds is 9. The van der Waals surface area contributed by atoms with E-state index >= 15 is 0 Å². The SMILES string of the molecule is CCCN(CC)CCOc1cccc(C=CC(=O)O)c1. The first-order valence-corrected chi connectivity index (χ1v) is 7.02. The predicted octanol–water partition coefficient (Wildman–Crippen LogP) is 2.90. The first kappa shape index (κ1) is 16.2. The van der Waals surface area contributed by atoms with Crippen molar-refractivity contribution in [1.82, 2.24) is 4.90 Å². The Bertz CT molecular complexity index is 443. The third kappa shape index (κ3) is 6.38. The van der Waals surface area contributed by atoms with Gasteiger partial charge in [-0.05, 0) is 43.3 Å². The van der Waals surface area contributed by atoms with E-state index in [1.807, 2.05) is 24.3 Å². The van der Waals surface area contributed by atoms with E-state index in [9.17, 15) is 4.79 Å². The monoisotopic (exact) mass is 277 g/mol. The van der Waals surface area contributed by atoms with Crippen molar-refractivity contribution in [1.29, 1.82) is 0 Å². The average Bonchev–Trinajstić information content (AvgIpc) is 2.44. The van der Waals surface area contributed by atoms with Crippen LogP contribution in [-0.4, -0.2) is 42.2 Å². The summed E-state index contributed by atoms with van der Waals surface area (Å²) in [4.78, 5) is 12.8. The molecule has 0 spiro atoms. The van der Waals surface area contributed by atoms with Gasteiger partial charge in [0.05, 0.1) is 0 Å². The van der Waals surface area contributed by atoms with Crippen LogP contribution >= 0.6 is 0 Å². The summed E-state index contributed by atoms with van der Waals surface area (Å²) in [6.07, 6.45) is 3.83. The Morgan fingerprint density at radius 3 is 2.80 bits per heavy atom. The van der Waals surface area contributed by atoms with Gasteiger partial charge in [-0.3, -0.25) is 0 Å². The topological polar surface area (TPSA) is 49.8 Å². The first-order valence-electron chi connectivity index (χ1n) is 7.02. The van der Waals surface area contributed by atoms with E-state index in [-0.39, 0.29) is 0 Å². The third-order valence-corrected chi connectivity index (χ3v) is 2.94. The number of ether oxygens (including phenoxy) is 1. The highest BCUT2D eigenvalue weighted by molar-refractivity contribution is 5.85. The molecule has 0 fully saturated rings. The van der Waals surface area contributed by atoms with Crippen LogP contribution in [-0.2, 0) is 4.79 Å². The van der Waals surface area contributed by atoms with E-state index in [2.05, 4.69) is 18.7 Å². The molecule has 0 saturated carbocycles. The van der Waals surface area contributed by atoms with Gasteiger partial charge in [-0.1, -0.05) is 26.0 Å². The van der Waals surface area contributed by atoms with E-state index in [0.717, 1.165) is 43.4 Å². The zero-order valence-electron chi connectivity index (χ0n) is 12.2. The lowest BCUT2D eigenvalue weighted by Crippen LogP contribution is -2.28. The zero-order valence-corrected chi connectivity index (χ0v) is 12.2. The van der Waals surface area contributed by atoms with Crippen LogP contribution in [0, 0.1) is 0 Å². The number of hydrogen-bond donors (Lipinski definition) is 1. The maximum Gasteiger partial charge on any atom is 0.328 e. The molecule has 0 radical (unpaired) electrons. The van der Waals surface area contributed by atoms with Crippen LogP contribution in [0.4, 0.5) is 0 Å². The molecule has 0 aromatic heterocycles. The highest BCUT2D eigenvalue weighted by Gasteiger charge is 2.01. The quantitative estimate of drug-likeness (QED) is 0.705. The van der Waals surface area contributed by atoms with Crippen molar-refractivity contribution in [2.24, 2.45) is 0 Å². The van der Waals surface area contributed by atoms with Crippen molar-refractivity contribution in [2.45, 2.75) is 20.3 Å². The normalized spacial score (nSPS) is 11.2. The minimum Gasteiger partial charge on any atom is -0.492 e. The van der Waals surface area contributed by atoms with Crippen molar-refractivity contribution < 1.29 is 14.6 Å². The van der Waals surface area contributed by atoms with Gasteiger partial charge < -0.3 is 14.7 Å². The molecule has 4 nitrogen and oxygen atoms in total. The molecular formula is C16H23NO3. The van der Waals surface area contributed by atoms with Gasteiger partial charge >= 0.3 is 5.97 Å². The molecule has 1 aromatic carbocycles. The molecular weight excluding hydrogens is 254 g/mol. The van der Waals surface area contributed by atoms with Gasteiger partial charge in [0.1, 0.15) is 12.4 Å². The number of carboxylic acids is 1. The number of likely N-dealkylation sites (N-methyl/N-ethyl adjacent to an activating group) is 1. The van der Waals surface area contributed by atoms with Crippen LogP contribution in [0.5, 0.6) is 5.75 Å². The lowest BCUT2D eigenvalue weighted by molar-refractivity contribution is -0.131. The molecule has 20 heavy (non-hydrogen) atoms. The number of hydrogen-bond acceptors (Lipinski definition) is 3. The van der Waals surface area contributed by atoms with Crippen LogP contribution in [0.15, 0.2) is 30.3 Å². The van der Waals surface area contributed by atoms with Crippen molar-refractivity contribution in [3.63, 3.8) is 0 Å². The number of carbonyl (C=O) groups is 1. The third-order valence-electron chi connectivity index (χ3n) is 2.94. The van der Waals surface area contributed by atoms with Crippen molar-refractivity contribution in [3.05, 3.63) is 35.9 Å². The maximum atomic E-state index is 10.5. The minimum absolute atomic E-state index is 0.639. The summed E-state index contributed by atoms with van der Waals surface area (Å²) >= 11 is 0. The fourth-order valence-corrected chi connectivity index (χ4v) is 1.91. The number of benzene rings is 1. The van der Waals surface area contributed by atoms with Gasteiger partial charge in [0.15, 0.2) is 0 Å². The van der Waals surface area contributed by atoms with Crippen molar-refractivity contribution >= 4 is 12.0 Å². The lowest BCUT2D eigenvalue weighted by Gasteiger charge is -2.19. The van der Waals surface area contributed by atoms with Gasteiger partial charge in [0, 0.05) is 12.6 Å². The van der Waals surface area contributed by atoms with Gasteiger partial charge in [0.2, 0.25) is 0 Å². The fraction of sp³-hybridized carbons (Fsp3) is 0.438. The van der Waals surface area contributed by atoms with E-state index < -0.39 is 5.97 Å². The standard InChI is InChI=1S/C16H23NO3/c1-3-10-17(4-2)11-12-20-15-7-5-6-14(13-15)8-9-16(18)19/h5-9,13H,3-4,10-12H2,1-2H3,(H,18,19). The van der Waals surface area contributed by atoms with Gasteiger partial charge in [-0.25, -0.2) is 4.79 Å². The number of aliphatic carboxylic acids is 1. The Labute approximate surface area is 120 Å². The summed E-state index contributed by atoms with van der Waals surface area (Å²) in [5.41, 5.74) is 0.825. The van der Waals surface area contributed by atoms with Crippen LogP contribution in [0.2, 0.25) is 0 Å². The highest BCUT2D eigenvalue weighted by Crippen LogP contribution is 2.14. The second kappa shape index (κ2) is 9.15. The zero-order chi connectivity index (χ0) is 14.8. The molecule has 1 aromatic rings. The molecule has 0 unspecified atom stereocenters. The molecule has 0 aliphatic heterocycles. The first-order chi connectivity index (χ1) is 9.65. The highest BCUT2D eigenvalue weighted by atomic mass is 16.5. The van der Waals surface area contributed by atoms with E-state index in [0.29, 0.717) is 6.61 Å². The van der Waals surface area contributed by atoms with Gasteiger partial charge in [-0.2, -0.15) is 0 Å². The van der Waals surface area contributed by atoms with Gasteiger partial charge in [0.25, 0.3) is 0 Å². The fourth-order valence-electron chi connectivity index (χ4n) is 1.91. The summed E-state index contributed by atoms with van der Waals surface area (Å²) in [5, 5.41) is 8.60. The van der Waals surface area contributed by atoms with Crippen molar-refractivity contribution in [3.8, 4) is 5.75 Å². The Hall–Kier alpha value is -1.81. The Balaban J connectivity index is 2.48. The van der Waals surface area contributed by atoms with Crippen LogP contribution in [0.25, 0.3) is 6.08 Å². The summed E-state index contributed by atoms with van der Waals surface area (Å²) in [7, 11) is 0. The molecule has 0 bridgehead atoms. The minimum atomic E-state index is -0.950. The lowest BCUT2D eigenvalue weighted by atomic mass is 10.2. The maximum absolute atomic E-state index is 10.5. The van der Waals surface area contributed by atoms with E-state index in [1.54, 1.807) is 6.08 Å². The molecule has 0 atom stereocenters. The van der Waals surface area contributed by atoms with Gasteiger partial charge in [-0.15, -0.1) is 0 Å². The molecule has 110 valence electrons. The average molecular weight is 277 g/mol. The smallest absolute Gasteiger partial charge is 0.328 e. The summed E-state index contributed by atoms with van der Waals surface area (Å²) in [6.45, 7) is 7.97. The predicted molar refractivity (Wildman–Crippen MR) is 81.0 cm³/mol. The largest absolute Gasteiger partial charge is 0.492 e. The molecule has 1 N–H and O–H groups in total. The molecule has 0 saturated heterocycles. The summed E-state index contributed by atoms with van der Waals surface area (Å²) in [6, 6.07) is 7.44.